The van der Waals surface area contributed by atoms with Crippen molar-refractivity contribution in [1.82, 2.24) is 9.97 Å². The van der Waals surface area contributed by atoms with E-state index in [-0.39, 0.29) is 17.0 Å². The number of hydrogen-bond acceptors (Lipinski definition) is 3. The maximum Gasteiger partial charge on any atom is 0.405 e. The third-order valence-electron chi connectivity index (χ3n) is 2.42. The number of halogens is 4. The van der Waals surface area contributed by atoms with Crippen LogP contribution in [0, 0.1) is 13.8 Å². The Labute approximate surface area is 109 Å². The summed E-state index contributed by atoms with van der Waals surface area (Å²) in [6, 6.07) is -0.337. The van der Waals surface area contributed by atoms with Crippen molar-refractivity contribution in [1.29, 1.82) is 0 Å². The highest BCUT2D eigenvalue weighted by molar-refractivity contribution is 6.30. The molecule has 0 atom stereocenters. The summed E-state index contributed by atoms with van der Waals surface area (Å²) in [5, 5.41) is 0.185. The first-order valence-corrected chi connectivity index (χ1v) is 5.83. The molecule has 0 amide bonds. The number of aryl methyl sites for hydroxylation is 1. The van der Waals surface area contributed by atoms with Gasteiger partial charge in [-0.25, -0.2) is 9.97 Å². The van der Waals surface area contributed by atoms with E-state index < -0.39 is 12.7 Å². The lowest BCUT2D eigenvalue weighted by atomic mass is 10.2. The summed E-state index contributed by atoms with van der Waals surface area (Å²) in [7, 11) is 0. The molecule has 0 unspecified atom stereocenters. The predicted molar refractivity (Wildman–Crippen MR) is 65.1 cm³/mol. The molecule has 0 aromatic carbocycles. The highest BCUT2D eigenvalue weighted by Crippen LogP contribution is 2.28. The molecular formula is C11H15ClF3N3. The molecule has 3 nitrogen and oxygen atoms in total. The molecule has 1 rings (SSSR count). The van der Waals surface area contributed by atoms with Crippen LogP contribution in [0.25, 0.3) is 0 Å². The van der Waals surface area contributed by atoms with Crippen LogP contribution in [0.15, 0.2) is 0 Å². The SMILES string of the molecule is Cc1nc(Cl)c(C)c(N(CC(F)(F)F)C(C)C)n1. The van der Waals surface area contributed by atoms with E-state index in [0.29, 0.717) is 11.4 Å². The molecule has 0 spiro atoms. The number of anilines is 1. The highest BCUT2D eigenvalue weighted by Gasteiger charge is 2.33. The summed E-state index contributed by atoms with van der Waals surface area (Å²) >= 11 is 5.88. The molecule has 0 bridgehead atoms. The van der Waals surface area contributed by atoms with Crippen molar-refractivity contribution in [3.8, 4) is 0 Å². The van der Waals surface area contributed by atoms with Gasteiger partial charge in [0.1, 0.15) is 23.3 Å². The van der Waals surface area contributed by atoms with Crippen LogP contribution in [-0.4, -0.2) is 28.7 Å². The first-order chi connectivity index (χ1) is 8.11. The van der Waals surface area contributed by atoms with Gasteiger partial charge in [0, 0.05) is 11.6 Å². The summed E-state index contributed by atoms with van der Waals surface area (Å²) < 4.78 is 37.7. The largest absolute Gasteiger partial charge is 0.405 e. The van der Waals surface area contributed by atoms with Crippen LogP contribution < -0.4 is 4.90 Å². The Hall–Kier alpha value is -1.04. The number of aromatic nitrogens is 2. The van der Waals surface area contributed by atoms with Gasteiger partial charge in [0.25, 0.3) is 0 Å². The van der Waals surface area contributed by atoms with Crippen LogP contribution in [0.5, 0.6) is 0 Å². The van der Waals surface area contributed by atoms with Crippen molar-refractivity contribution in [3.63, 3.8) is 0 Å². The summed E-state index contributed by atoms with van der Waals surface area (Å²) in [5.74, 6) is 0.591. The summed E-state index contributed by atoms with van der Waals surface area (Å²) in [6.07, 6.45) is -4.29. The molecule has 0 aliphatic carbocycles. The standard InChI is InChI=1S/C11H15ClF3N3/c1-6(2)18(5-11(13,14)15)10-7(3)9(12)16-8(4)17-10/h6H,5H2,1-4H3. The average Bonchev–Trinajstić information content (AvgIpc) is 2.18. The minimum absolute atomic E-state index is 0.185. The molecule has 0 radical (unpaired) electrons. The van der Waals surface area contributed by atoms with Crippen LogP contribution in [0.1, 0.15) is 25.2 Å². The van der Waals surface area contributed by atoms with Crippen molar-refractivity contribution in [2.24, 2.45) is 0 Å². The molecule has 0 aliphatic heterocycles. The monoisotopic (exact) mass is 281 g/mol. The molecule has 0 aliphatic rings. The Balaban J connectivity index is 3.22. The lowest BCUT2D eigenvalue weighted by molar-refractivity contribution is -0.120. The molecule has 1 heterocycles. The van der Waals surface area contributed by atoms with E-state index in [1.54, 1.807) is 27.7 Å². The van der Waals surface area contributed by atoms with E-state index in [1.165, 1.54) is 4.90 Å². The zero-order valence-electron chi connectivity index (χ0n) is 10.6. The van der Waals surface area contributed by atoms with Gasteiger partial charge in [-0.3, -0.25) is 0 Å². The van der Waals surface area contributed by atoms with Crippen molar-refractivity contribution < 1.29 is 13.2 Å². The second-order valence-electron chi connectivity index (χ2n) is 4.35. The molecule has 7 heteroatoms. The minimum atomic E-state index is -4.29. The van der Waals surface area contributed by atoms with Gasteiger partial charge >= 0.3 is 6.18 Å². The smallest absolute Gasteiger partial charge is 0.345 e. The zero-order chi connectivity index (χ0) is 14.1. The van der Waals surface area contributed by atoms with Crippen molar-refractivity contribution in [2.75, 3.05) is 11.4 Å². The fourth-order valence-corrected chi connectivity index (χ4v) is 1.76. The van der Waals surface area contributed by atoms with Gasteiger partial charge in [-0.1, -0.05) is 11.6 Å². The van der Waals surface area contributed by atoms with Crippen molar-refractivity contribution in [2.45, 2.75) is 39.9 Å². The van der Waals surface area contributed by atoms with Crippen molar-refractivity contribution >= 4 is 17.4 Å². The second kappa shape index (κ2) is 5.30. The van der Waals surface area contributed by atoms with Crippen molar-refractivity contribution in [3.05, 3.63) is 16.5 Å². The average molecular weight is 282 g/mol. The first kappa shape index (κ1) is 15.0. The molecule has 102 valence electrons. The normalized spacial score (nSPS) is 12.1. The molecule has 0 saturated carbocycles. The van der Waals surface area contributed by atoms with Crippen LogP contribution in [0.2, 0.25) is 5.15 Å². The molecular weight excluding hydrogens is 267 g/mol. The topological polar surface area (TPSA) is 29.0 Å². The fraction of sp³-hybridized carbons (Fsp3) is 0.636. The molecule has 0 saturated heterocycles. The van der Waals surface area contributed by atoms with Gasteiger partial charge in [0.15, 0.2) is 0 Å². The summed E-state index contributed by atoms with van der Waals surface area (Å²) in [5.41, 5.74) is 0.459. The van der Waals surface area contributed by atoms with Crippen LogP contribution >= 0.6 is 11.6 Å². The predicted octanol–water partition coefficient (Wildman–Crippen LogP) is 3.52. The Morgan fingerprint density at radius 3 is 2.22 bits per heavy atom. The number of alkyl halides is 3. The van der Waals surface area contributed by atoms with Gasteiger partial charge in [0.05, 0.1) is 0 Å². The van der Waals surface area contributed by atoms with E-state index in [4.69, 9.17) is 11.6 Å². The maximum absolute atomic E-state index is 12.6. The Morgan fingerprint density at radius 2 is 1.78 bits per heavy atom. The van der Waals surface area contributed by atoms with Gasteiger partial charge in [-0.05, 0) is 27.7 Å². The molecule has 18 heavy (non-hydrogen) atoms. The first-order valence-electron chi connectivity index (χ1n) is 5.46. The van der Waals surface area contributed by atoms with E-state index in [9.17, 15) is 13.2 Å². The Kier molecular flexibility index (Phi) is 4.42. The second-order valence-corrected chi connectivity index (χ2v) is 4.71. The minimum Gasteiger partial charge on any atom is -0.345 e. The van der Waals surface area contributed by atoms with Crippen LogP contribution in [0.3, 0.4) is 0 Å². The van der Waals surface area contributed by atoms with E-state index in [0.717, 1.165) is 0 Å². The van der Waals surface area contributed by atoms with E-state index in [2.05, 4.69) is 9.97 Å². The van der Waals surface area contributed by atoms with Crippen LogP contribution in [0.4, 0.5) is 19.0 Å². The van der Waals surface area contributed by atoms with E-state index >= 15 is 0 Å². The maximum atomic E-state index is 12.6. The lowest BCUT2D eigenvalue weighted by Crippen LogP contribution is -2.40. The molecule has 1 aromatic rings. The molecule has 1 aromatic heterocycles. The summed E-state index contributed by atoms with van der Waals surface area (Å²) in [6.45, 7) is 5.51. The third-order valence-corrected chi connectivity index (χ3v) is 2.79. The number of rotatable bonds is 3. The van der Waals surface area contributed by atoms with Gasteiger partial charge in [-0.15, -0.1) is 0 Å². The lowest BCUT2D eigenvalue weighted by Gasteiger charge is -2.30. The van der Waals surface area contributed by atoms with Gasteiger partial charge < -0.3 is 4.90 Å². The Bertz CT molecular complexity index is 432. The number of hydrogen-bond donors (Lipinski definition) is 0. The van der Waals surface area contributed by atoms with Crippen LogP contribution in [-0.2, 0) is 0 Å². The van der Waals surface area contributed by atoms with Gasteiger partial charge in [0.2, 0.25) is 0 Å². The fourth-order valence-electron chi connectivity index (χ4n) is 1.56. The number of nitrogens with zero attached hydrogens (tertiary/aromatic N) is 3. The van der Waals surface area contributed by atoms with E-state index in [1.807, 2.05) is 0 Å². The van der Waals surface area contributed by atoms with Gasteiger partial charge in [-0.2, -0.15) is 13.2 Å². The third kappa shape index (κ3) is 3.73. The highest BCUT2D eigenvalue weighted by atomic mass is 35.5. The Morgan fingerprint density at radius 1 is 1.22 bits per heavy atom. The molecule has 0 fully saturated rings. The molecule has 0 N–H and O–H groups in total. The quantitative estimate of drug-likeness (QED) is 0.794. The summed E-state index contributed by atoms with van der Waals surface area (Å²) in [4.78, 5) is 9.16. The zero-order valence-corrected chi connectivity index (χ0v) is 11.4.